The van der Waals surface area contributed by atoms with Crippen molar-refractivity contribution in [2.45, 2.75) is 10.7 Å². The quantitative estimate of drug-likeness (QED) is 0.271. The van der Waals surface area contributed by atoms with Crippen LogP contribution in [0.15, 0.2) is 9.96 Å². The Labute approximate surface area is 120 Å². The number of thioether (sulfide) groups is 1. The molecule has 1 rings (SSSR count). The van der Waals surface area contributed by atoms with Gasteiger partial charge in [0.2, 0.25) is 0 Å². The molecule has 0 saturated heterocycles. The average Bonchev–Trinajstić information content (AvgIpc) is 2.52. The van der Waals surface area contributed by atoms with Crippen LogP contribution in [0, 0.1) is 0 Å². The van der Waals surface area contributed by atoms with Crippen molar-refractivity contribution in [2.75, 3.05) is 0 Å². The van der Waals surface area contributed by atoms with Crippen LogP contribution in [0.3, 0.4) is 0 Å². The zero-order valence-electron chi connectivity index (χ0n) is 9.56. The van der Waals surface area contributed by atoms with Crippen LogP contribution in [0.2, 0.25) is 0 Å². The normalized spacial score (nSPS) is 25.5. The van der Waals surface area contributed by atoms with Crippen LogP contribution in [0.4, 0.5) is 0 Å². The number of hydrogen-bond acceptors (Lipinski definition) is 5. The molecule has 124 valence electrons. The van der Waals surface area contributed by atoms with E-state index in [1.165, 1.54) is 0 Å². The second-order valence-corrected chi connectivity index (χ2v) is 12.3. The van der Waals surface area contributed by atoms with Gasteiger partial charge in [-0.3, -0.25) is 18.3 Å². The molecule has 12 nitrogen and oxygen atoms in total. The molecular weight excluding hydrogens is 396 g/mol. The summed E-state index contributed by atoms with van der Waals surface area (Å²) in [6, 6.07) is 0. The zero-order chi connectivity index (χ0) is 17.0. The lowest BCUT2D eigenvalue weighted by molar-refractivity contribution is 0.344. The van der Waals surface area contributed by atoms with E-state index in [-0.39, 0.29) is 11.8 Å². The summed E-state index contributed by atoms with van der Waals surface area (Å²) in [6.45, 7) is 0. The van der Waals surface area contributed by atoms with Gasteiger partial charge in [-0.1, -0.05) is 11.8 Å². The molecule has 0 fully saturated rings. The molecule has 0 radical (unpaired) electrons. The summed E-state index contributed by atoms with van der Waals surface area (Å²) < 4.78 is 43.6. The molecule has 1 aliphatic heterocycles. The maximum Gasteiger partial charge on any atom is 0.363 e. The van der Waals surface area contributed by atoms with E-state index in [1.807, 2.05) is 0 Å². The number of rotatable bonds is 4. The standard InChI is InChI=1S/C4H10O12P4S/c5-17(6,7)1-2(18(8,9)10)4(20(14,15)16)21-3(1)19(11,12)13/h1,3H,(H2,5,6,7)(H2,8,9,10)(H2,11,12,13)(H2,14,15,16)/t1-,3-/m0/s1. The fraction of sp³-hybridized carbons (Fsp3) is 0.500. The van der Waals surface area contributed by atoms with Crippen LogP contribution in [0.25, 0.3) is 0 Å². The third-order valence-electron chi connectivity index (χ3n) is 2.27. The topological polar surface area (TPSA) is 230 Å². The fourth-order valence-electron chi connectivity index (χ4n) is 1.59. The van der Waals surface area contributed by atoms with Crippen LogP contribution >= 0.6 is 42.1 Å². The molecule has 0 aliphatic carbocycles. The molecule has 0 saturated carbocycles. The van der Waals surface area contributed by atoms with Gasteiger partial charge < -0.3 is 39.1 Å². The molecule has 2 atom stereocenters. The minimum absolute atomic E-state index is 0.337. The molecule has 1 heterocycles. The highest BCUT2D eigenvalue weighted by atomic mass is 32.2. The lowest BCUT2D eigenvalue weighted by Crippen LogP contribution is -2.22. The summed E-state index contributed by atoms with van der Waals surface area (Å²) in [5.74, 6) is 0. The van der Waals surface area contributed by atoms with Gasteiger partial charge in [0.1, 0.15) is 15.3 Å². The summed E-state index contributed by atoms with van der Waals surface area (Å²) in [6.07, 6.45) is 0. The summed E-state index contributed by atoms with van der Waals surface area (Å²) in [7, 11) is -21.9. The van der Waals surface area contributed by atoms with E-state index >= 15 is 0 Å². The minimum Gasteiger partial charge on any atom is -0.324 e. The largest absolute Gasteiger partial charge is 0.363 e. The van der Waals surface area contributed by atoms with E-state index in [4.69, 9.17) is 39.1 Å². The van der Waals surface area contributed by atoms with Crippen molar-refractivity contribution in [3.05, 3.63) is 9.96 Å². The lowest BCUT2D eigenvalue weighted by Gasteiger charge is -2.23. The summed E-state index contributed by atoms with van der Waals surface area (Å²) in [5.41, 5.74) is -2.70. The van der Waals surface area contributed by atoms with Gasteiger partial charge in [-0.05, 0) is 0 Å². The molecule has 0 spiro atoms. The highest BCUT2D eigenvalue weighted by molar-refractivity contribution is 8.15. The first kappa shape index (κ1) is 19.7. The minimum atomic E-state index is -5.59. The molecule has 8 N–H and O–H groups in total. The van der Waals surface area contributed by atoms with Crippen LogP contribution in [0.5, 0.6) is 0 Å². The molecule has 0 aromatic heterocycles. The second-order valence-electron chi connectivity index (χ2n) is 3.91. The van der Waals surface area contributed by atoms with E-state index in [2.05, 4.69) is 0 Å². The third-order valence-corrected chi connectivity index (χ3v) is 10.5. The van der Waals surface area contributed by atoms with Crippen LogP contribution < -0.4 is 0 Å². The van der Waals surface area contributed by atoms with Crippen molar-refractivity contribution < 1.29 is 57.4 Å². The van der Waals surface area contributed by atoms with Gasteiger partial charge in [0.25, 0.3) is 0 Å². The van der Waals surface area contributed by atoms with Gasteiger partial charge in [-0.2, -0.15) is 0 Å². The van der Waals surface area contributed by atoms with Gasteiger partial charge in [-0.25, -0.2) is 0 Å². The van der Waals surface area contributed by atoms with Gasteiger partial charge in [-0.15, -0.1) is 0 Å². The molecule has 0 aromatic carbocycles. The first-order chi connectivity index (χ1) is 8.97. The Kier molecular flexibility index (Phi) is 5.31. The lowest BCUT2D eigenvalue weighted by atomic mass is 10.5. The van der Waals surface area contributed by atoms with E-state index in [9.17, 15) is 18.3 Å². The van der Waals surface area contributed by atoms with E-state index in [1.54, 1.807) is 0 Å². The summed E-state index contributed by atoms with van der Waals surface area (Å²) in [5, 5.41) is -1.64. The number of hydrogen-bond donors (Lipinski definition) is 8. The Balaban J connectivity index is 3.74. The zero-order valence-corrected chi connectivity index (χ0v) is 14.0. The van der Waals surface area contributed by atoms with E-state index in [0.717, 1.165) is 0 Å². The highest BCUT2D eigenvalue weighted by Crippen LogP contribution is 2.76. The van der Waals surface area contributed by atoms with E-state index < -0.39 is 51.0 Å². The Hall–Kier alpha value is 0.690. The first-order valence-corrected chi connectivity index (χ1v) is 12.1. The molecule has 0 aromatic rings. The molecule has 0 amide bonds. The molecule has 17 heteroatoms. The second kappa shape index (κ2) is 5.65. The third kappa shape index (κ3) is 4.37. The summed E-state index contributed by atoms with van der Waals surface area (Å²) in [4.78, 5) is 70.0. The first-order valence-electron chi connectivity index (χ1n) is 4.61. The Bertz CT molecular complexity index is 657. The van der Waals surface area contributed by atoms with Crippen LogP contribution in [-0.2, 0) is 18.3 Å². The Morgan fingerprint density at radius 1 is 0.714 bits per heavy atom. The predicted molar refractivity (Wildman–Crippen MR) is 70.4 cm³/mol. The van der Waals surface area contributed by atoms with Crippen molar-refractivity contribution in [1.82, 2.24) is 0 Å². The van der Waals surface area contributed by atoms with Crippen molar-refractivity contribution in [3.8, 4) is 0 Å². The number of allylic oxidation sites excluding steroid dienone is 1. The molecule has 21 heavy (non-hydrogen) atoms. The summed E-state index contributed by atoms with van der Waals surface area (Å²) >= 11 is -0.337. The van der Waals surface area contributed by atoms with Crippen molar-refractivity contribution in [1.29, 1.82) is 0 Å². The molecule has 1 aliphatic rings. The van der Waals surface area contributed by atoms with Crippen LogP contribution in [-0.4, -0.2) is 49.8 Å². The maximum atomic E-state index is 11.3. The monoisotopic (exact) mass is 406 g/mol. The van der Waals surface area contributed by atoms with Gasteiger partial charge in [0.15, 0.2) is 0 Å². The predicted octanol–water partition coefficient (Wildman–Crippen LogP) is -0.692. The average molecular weight is 406 g/mol. The molecule has 0 unspecified atom stereocenters. The highest BCUT2D eigenvalue weighted by Gasteiger charge is 2.60. The Morgan fingerprint density at radius 2 is 1.14 bits per heavy atom. The Morgan fingerprint density at radius 3 is 1.38 bits per heavy atom. The van der Waals surface area contributed by atoms with E-state index in [0.29, 0.717) is 0 Å². The SMILES string of the molecule is O=P(O)(O)C1=C(P(=O)(O)O)[C@H](P(=O)(O)O)[C@@H](P(=O)(O)O)S1. The molecule has 0 bridgehead atoms. The van der Waals surface area contributed by atoms with Crippen molar-refractivity contribution in [3.63, 3.8) is 0 Å². The smallest absolute Gasteiger partial charge is 0.324 e. The van der Waals surface area contributed by atoms with Crippen molar-refractivity contribution >= 4 is 42.1 Å². The molecular formula is C4H10O12P4S. The maximum absolute atomic E-state index is 11.3. The van der Waals surface area contributed by atoms with Gasteiger partial charge in [0.05, 0.1) is 5.31 Å². The van der Waals surface area contributed by atoms with Crippen LogP contribution in [0.1, 0.15) is 0 Å². The van der Waals surface area contributed by atoms with Crippen molar-refractivity contribution in [2.24, 2.45) is 0 Å². The van der Waals surface area contributed by atoms with Gasteiger partial charge >= 0.3 is 30.4 Å². The van der Waals surface area contributed by atoms with Gasteiger partial charge in [0, 0.05) is 0 Å². The fourth-order valence-corrected chi connectivity index (χ4v) is 11.1.